The summed E-state index contributed by atoms with van der Waals surface area (Å²) in [4.78, 5) is 25.8. The molecule has 1 aromatic heterocycles. The highest BCUT2D eigenvalue weighted by Crippen LogP contribution is 2.23. The van der Waals surface area contributed by atoms with Crippen molar-refractivity contribution in [2.24, 2.45) is 0 Å². The van der Waals surface area contributed by atoms with E-state index in [4.69, 9.17) is 11.6 Å². The number of carbonyl (C=O) groups excluding carboxylic acids is 1. The first-order valence-electron chi connectivity index (χ1n) is 9.64. The van der Waals surface area contributed by atoms with Gasteiger partial charge in [-0.3, -0.25) is 4.79 Å². The van der Waals surface area contributed by atoms with E-state index in [1.807, 2.05) is 23.1 Å². The Morgan fingerprint density at radius 2 is 1.57 bits per heavy atom. The first kappa shape index (κ1) is 20.0. The van der Waals surface area contributed by atoms with Crippen molar-refractivity contribution in [3.63, 3.8) is 0 Å². The van der Waals surface area contributed by atoms with Gasteiger partial charge in [0.25, 0.3) is 5.91 Å². The number of benzene rings is 2. The Bertz CT molecular complexity index is 1030. The van der Waals surface area contributed by atoms with Gasteiger partial charge in [0.15, 0.2) is 0 Å². The maximum Gasteiger partial charge on any atom is 0.254 e. The SMILES string of the molecule is O=C(/C(=C/c1ccc(Cl)cc1)c1ccc(F)cc1)N1CCN(c2ncccn2)CC1. The standard InChI is InChI=1S/C23H20ClFN4O/c24-19-6-2-17(3-7-19)16-21(18-4-8-20(25)9-5-18)22(30)28-12-14-29(15-13-28)23-26-10-1-11-27-23/h1-11,16H,12-15H2/b21-16+. The molecule has 0 unspecified atom stereocenters. The van der Waals surface area contributed by atoms with Gasteiger partial charge in [-0.1, -0.05) is 35.9 Å². The lowest BCUT2D eigenvalue weighted by Gasteiger charge is -2.35. The van der Waals surface area contributed by atoms with E-state index in [9.17, 15) is 9.18 Å². The molecule has 1 amide bonds. The average Bonchev–Trinajstić information content (AvgIpc) is 2.80. The molecule has 3 aromatic rings. The monoisotopic (exact) mass is 422 g/mol. The summed E-state index contributed by atoms with van der Waals surface area (Å²) in [6.45, 7) is 2.40. The van der Waals surface area contributed by atoms with Crippen molar-refractivity contribution in [3.05, 3.63) is 89.0 Å². The van der Waals surface area contributed by atoms with Gasteiger partial charge in [0.05, 0.1) is 0 Å². The first-order valence-corrected chi connectivity index (χ1v) is 10.0. The molecule has 4 rings (SSSR count). The number of hydrogen-bond donors (Lipinski definition) is 0. The van der Waals surface area contributed by atoms with Gasteiger partial charge in [0.2, 0.25) is 5.95 Å². The van der Waals surface area contributed by atoms with Crippen LogP contribution in [0.15, 0.2) is 67.0 Å². The predicted octanol–water partition coefficient (Wildman–Crippen LogP) is 4.16. The molecule has 1 aliphatic rings. The van der Waals surface area contributed by atoms with Gasteiger partial charge in [0, 0.05) is 49.2 Å². The highest BCUT2D eigenvalue weighted by atomic mass is 35.5. The summed E-state index contributed by atoms with van der Waals surface area (Å²) < 4.78 is 13.4. The van der Waals surface area contributed by atoms with Gasteiger partial charge in [-0.2, -0.15) is 0 Å². The zero-order valence-electron chi connectivity index (χ0n) is 16.2. The second-order valence-corrected chi connectivity index (χ2v) is 7.38. The zero-order chi connectivity index (χ0) is 20.9. The van der Waals surface area contributed by atoms with Crippen LogP contribution >= 0.6 is 11.6 Å². The van der Waals surface area contributed by atoms with Gasteiger partial charge in [-0.05, 0) is 47.5 Å². The third-order valence-corrected chi connectivity index (χ3v) is 5.22. The average molecular weight is 423 g/mol. The summed E-state index contributed by atoms with van der Waals surface area (Å²) >= 11 is 5.98. The summed E-state index contributed by atoms with van der Waals surface area (Å²) in [7, 11) is 0. The topological polar surface area (TPSA) is 49.3 Å². The van der Waals surface area contributed by atoms with Crippen molar-refractivity contribution in [2.75, 3.05) is 31.1 Å². The van der Waals surface area contributed by atoms with Crippen LogP contribution in [0.1, 0.15) is 11.1 Å². The van der Waals surface area contributed by atoms with E-state index < -0.39 is 0 Å². The van der Waals surface area contributed by atoms with Crippen molar-refractivity contribution < 1.29 is 9.18 Å². The number of hydrogen-bond acceptors (Lipinski definition) is 4. The Morgan fingerprint density at radius 3 is 2.20 bits per heavy atom. The second-order valence-electron chi connectivity index (χ2n) is 6.94. The smallest absolute Gasteiger partial charge is 0.254 e. The van der Waals surface area contributed by atoms with Crippen LogP contribution in [-0.2, 0) is 4.79 Å². The van der Waals surface area contributed by atoms with Crippen LogP contribution in [0.25, 0.3) is 11.6 Å². The van der Waals surface area contributed by atoms with Crippen molar-refractivity contribution in [3.8, 4) is 0 Å². The molecule has 0 bridgehead atoms. The number of nitrogens with zero attached hydrogens (tertiary/aromatic N) is 4. The molecule has 0 atom stereocenters. The Labute approximate surface area is 179 Å². The van der Waals surface area contributed by atoms with Gasteiger partial charge in [0.1, 0.15) is 5.82 Å². The minimum absolute atomic E-state index is 0.0924. The highest BCUT2D eigenvalue weighted by molar-refractivity contribution is 6.30. The molecule has 2 aromatic carbocycles. The van der Waals surface area contributed by atoms with Crippen LogP contribution < -0.4 is 4.90 Å². The van der Waals surface area contributed by atoms with E-state index >= 15 is 0 Å². The molecule has 0 aliphatic carbocycles. The maximum atomic E-state index is 13.4. The normalized spacial score (nSPS) is 14.7. The number of anilines is 1. The van der Waals surface area contributed by atoms with Crippen LogP contribution in [0.4, 0.5) is 10.3 Å². The van der Waals surface area contributed by atoms with Crippen LogP contribution in [0, 0.1) is 5.82 Å². The van der Waals surface area contributed by atoms with Crippen LogP contribution in [-0.4, -0.2) is 47.0 Å². The van der Waals surface area contributed by atoms with Gasteiger partial charge < -0.3 is 9.80 Å². The van der Waals surface area contributed by atoms with Crippen molar-refractivity contribution in [2.45, 2.75) is 0 Å². The minimum atomic E-state index is -0.339. The molecule has 0 radical (unpaired) electrons. The molecule has 152 valence electrons. The van der Waals surface area contributed by atoms with Gasteiger partial charge >= 0.3 is 0 Å². The second kappa shape index (κ2) is 9.05. The molecular formula is C23H20ClFN4O. The molecule has 5 nitrogen and oxygen atoms in total. The third kappa shape index (κ3) is 4.66. The summed E-state index contributed by atoms with van der Waals surface area (Å²) in [5.74, 6) is 0.235. The Balaban J connectivity index is 1.57. The molecule has 0 spiro atoms. The Kier molecular flexibility index (Phi) is 6.05. The highest BCUT2D eigenvalue weighted by Gasteiger charge is 2.25. The molecule has 0 N–H and O–H groups in total. The first-order chi connectivity index (χ1) is 14.6. The summed E-state index contributed by atoms with van der Waals surface area (Å²) in [6, 6.07) is 15.0. The quantitative estimate of drug-likeness (QED) is 0.468. The lowest BCUT2D eigenvalue weighted by Crippen LogP contribution is -2.49. The number of rotatable bonds is 4. The summed E-state index contributed by atoms with van der Waals surface area (Å²) in [5, 5.41) is 0.626. The number of carbonyl (C=O) groups is 1. The van der Waals surface area contributed by atoms with Crippen LogP contribution in [0.5, 0.6) is 0 Å². The maximum absolute atomic E-state index is 13.4. The third-order valence-electron chi connectivity index (χ3n) is 4.97. The molecule has 7 heteroatoms. The number of aromatic nitrogens is 2. The van der Waals surface area contributed by atoms with E-state index in [-0.39, 0.29) is 11.7 Å². The molecular weight excluding hydrogens is 403 g/mol. The minimum Gasteiger partial charge on any atom is -0.337 e. The predicted molar refractivity (Wildman–Crippen MR) is 117 cm³/mol. The van der Waals surface area contributed by atoms with E-state index in [0.29, 0.717) is 48.3 Å². The Morgan fingerprint density at radius 1 is 0.933 bits per heavy atom. The fraction of sp³-hybridized carbons (Fsp3) is 0.174. The zero-order valence-corrected chi connectivity index (χ0v) is 17.0. The molecule has 1 saturated heterocycles. The van der Waals surface area contributed by atoms with E-state index in [2.05, 4.69) is 14.9 Å². The van der Waals surface area contributed by atoms with Crippen molar-refractivity contribution in [1.82, 2.24) is 14.9 Å². The largest absolute Gasteiger partial charge is 0.337 e. The van der Waals surface area contributed by atoms with E-state index in [1.54, 1.807) is 42.7 Å². The molecule has 30 heavy (non-hydrogen) atoms. The lowest BCUT2D eigenvalue weighted by molar-refractivity contribution is -0.125. The van der Waals surface area contributed by atoms with Gasteiger partial charge in [-0.15, -0.1) is 0 Å². The number of piperazine rings is 1. The molecule has 1 aliphatic heterocycles. The fourth-order valence-corrected chi connectivity index (χ4v) is 3.48. The summed E-state index contributed by atoms with van der Waals surface area (Å²) in [6.07, 6.45) is 5.24. The lowest BCUT2D eigenvalue weighted by atomic mass is 10.0. The number of halogens is 2. The van der Waals surface area contributed by atoms with E-state index in [0.717, 1.165) is 5.56 Å². The Hall–Kier alpha value is -3.25. The van der Waals surface area contributed by atoms with Crippen molar-refractivity contribution in [1.29, 1.82) is 0 Å². The van der Waals surface area contributed by atoms with Gasteiger partial charge in [-0.25, -0.2) is 14.4 Å². The van der Waals surface area contributed by atoms with Crippen molar-refractivity contribution >= 4 is 35.1 Å². The number of amides is 1. The molecule has 1 fully saturated rings. The summed E-state index contributed by atoms with van der Waals surface area (Å²) in [5.41, 5.74) is 2.04. The molecule has 0 saturated carbocycles. The van der Waals surface area contributed by atoms with E-state index in [1.165, 1.54) is 12.1 Å². The fourth-order valence-electron chi connectivity index (χ4n) is 3.36. The van der Waals surface area contributed by atoms with Crippen LogP contribution in [0.3, 0.4) is 0 Å². The molecule has 2 heterocycles. The van der Waals surface area contributed by atoms with Crippen LogP contribution in [0.2, 0.25) is 5.02 Å².